The Kier molecular flexibility index (Phi) is 5.17. The number of nitrogens with one attached hydrogen (secondary N) is 2. The minimum absolute atomic E-state index is 0.00827. The first kappa shape index (κ1) is 15.0. The van der Waals surface area contributed by atoms with Crippen LogP contribution in [0.25, 0.3) is 0 Å². The molecule has 0 bridgehead atoms. The van der Waals surface area contributed by atoms with Crippen LogP contribution in [0.15, 0.2) is 6.07 Å². The van der Waals surface area contributed by atoms with Crippen LogP contribution < -0.4 is 10.6 Å². The van der Waals surface area contributed by atoms with Crippen LogP contribution >= 0.6 is 0 Å². The molecule has 0 radical (unpaired) electrons. The first-order valence-electron chi connectivity index (χ1n) is 7.62. The first-order chi connectivity index (χ1) is 9.71. The average Bonchev–Trinajstić information content (AvgIpc) is 2.44. The van der Waals surface area contributed by atoms with Gasteiger partial charge in [0.25, 0.3) is 0 Å². The number of anilines is 2. The molecule has 0 spiro atoms. The second-order valence-electron chi connectivity index (χ2n) is 5.43. The number of rotatable bonds is 8. The van der Waals surface area contributed by atoms with Gasteiger partial charge in [0.2, 0.25) is 0 Å². The van der Waals surface area contributed by atoms with E-state index in [0.29, 0.717) is 0 Å². The van der Waals surface area contributed by atoms with Gasteiger partial charge in [0.05, 0.1) is 5.60 Å². The zero-order valence-electron chi connectivity index (χ0n) is 12.8. The molecule has 0 saturated heterocycles. The molecular formula is C15H26N4O. The van der Waals surface area contributed by atoms with Gasteiger partial charge in [-0.3, -0.25) is 0 Å². The van der Waals surface area contributed by atoms with E-state index >= 15 is 0 Å². The summed E-state index contributed by atoms with van der Waals surface area (Å²) in [6, 6.07) is 1.98. The third-order valence-corrected chi connectivity index (χ3v) is 3.93. The van der Waals surface area contributed by atoms with Crippen LogP contribution in [0.4, 0.5) is 11.6 Å². The molecule has 5 nitrogen and oxygen atoms in total. The van der Waals surface area contributed by atoms with Crippen LogP contribution in [0.5, 0.6) is 0 Å². The first-order valence-corrected chi connectivity index (χ1v) is 7.62. The number of aryl methyl sites for hydroxylation is 1. The maximum absolute atomic E-state index is 5.63. The Balaban J connectivity index is 2.02. The van der Waals surface area contributed by atoms with Crippen LogP contribution in [-0.4, -0.2) is 35.8 Å². The lowest BCUT2D eigenvalue weighted by atomic mass is 9.80. The fraction of sp³-hybridized carbons (Fsp3) is 0.733. The third-order valence-electron chi connectivity index (χ3n) is 3.93. The van der Waals surface area contributed by atoms with Gasteiger partial charge in [-0.25, -0.2) is 9.97 Å². The molecule has 1 aromatic rings. The van der Waals surface area contributed by atoms with E-state index in [1.54, 1.807) is 7.11 Å². The number of nitrogens with zero attached hydrogens (tertiary/aromatic N) is 2. The molecule has 1 aliphatic rings. The maximum atomic E-state index is 5.63. The molecule has 1 fully saturated rings. The van der Waals surface area contributed by atoms with Gasteiger partial charge in [-0.05, 0) is 25.7 Å². The summed E-state index contributed by atoms with van der Waals surface area (Å²) >= 11 is 0. The Morgan fingerprint density at radius 1 is 1.20 bits per heavy atom. The minimum Gasteiger partial charge on any atom is -0.376 e. The summed E-state index contributed by atoms with van der Waals surface area (Å²) < 4.78 is 5.63. The molecule has 0 amide bonds. The summed E-state index contributed by atoms with van der Waals surface area (Å²) in [7, 11) is 1.80. The Hall–Kier alpha value is -1.36. The molecule has 0 unspecified atom stereocenters. The predicted molar refractivity (Wildman–Crippen MR) is 82.3 cm³/mol. The lowest BCUT2D eigenvalue weighted by Gasteiger charge is -2.40. The van der Waals surface area contributed by atoms with Crippen molar-refractivity contribution in [2.75, 3.05) is 30.8 Å². The molecule has 112 valence electrons. The third kappa shape index (κ3) is 3.60. The van der Waals surface area contributed by atoms with Gasteiger partial charge in [-0.2, -0.15) is 0 Å². The largest absolute Gasteiger partial charge is 0.376 e. The molecule has 2 rings (SSSR count). The smallest absolute Gasteiger partial charge is 0.132 e. The summed E-state index contributed by atoms with van der Waals surface area (Å²) in [6.07, 6.45) is 5.43. The zero-order chi connectivity index (χ0) is 14.4. The Bertz CT molecular complexity index is 426. The van der Waals surface area contributed by atoms with Crippen molar-refractivity contribution in [3.05, 3.63) is 11.9 Å². The van der Waals surface area contributed by atoms with E-state index in [2.05, 4.69) is 34.4 Å². The van der Waals surface area contributed by atoms with Crippen molar-refractivity contribution in [3.63, 3.8) is 0 Å². The lowest BCUT2D eigenvalue weighted by Crippen LogP contribution is -2.45. The SMILES string of the molecule is CCCNc1cc(NCC2(OC)CCC2)nc(CC)n1. The molecule has 1 saturated carbocycles. The summed E-state index contributed by atoms with van der Waals surface area (Å²) in [5.74, 6) is 2.66. The number of ether oxygens (including phenoxy) is 1. The standard InChI is InChI=1S/C15H26N4O/c1-4-9-16-13-10-14(19-12(5-2)18-13)17-11-15(20-3)7-6-8-15/h10H,4-9,11H2,1-3H3,(H2,16,17,18,19). The maximum Gasteiger partial charge on any atom is 0.132 e. The van der Waals surface area contributed by atoms with Crippen molar-refractivity contribution in [1.29, 1.82) is 0 Å². The summed E-state index contributed by atoms with van der Waals surface area (Å²) in [4.78, 5) is 9.03. The molecule has 0 aliphatic heterocycles. The van der Waals surface area contributed by atoms with Crippen LogP contribution in [0.1, 0.15) is 45.4 Å². The van der Waals surface area contributed by atoms with Crippen LogP contribution in [0, 0.1) is 0 Å². The molecule has 2 N–H and O–H groups in total. The lowest BCUT2D eigenvalue weighted by molar-refractivity contribution is -0.0601. The fourth-order valence-corrected chi connectivity index (χ4v) is 2.37. The Morgan fingerprint density at radius 3 is 2.40 bits per heavy atom. The second-order valence-corrected chi connectivity index (χ2v) is 5.43. The molecular weight excluding hydrogens is 252 g/mol. The van der Waals surface area contributed by atoms with Crippen LogP contribution in [0.2, 0.25) is 0 Å². The molecule has 5 heteroatoms. The van der Waals surface area contributed by atoms with Crippen molar-refractivity contribution >= 4 is 11.6 Å². The highest BCUT2D eigenvalue weighted by Gasteiger charge is 2.36. The van der Waals surface area contributed by atoms with Crippen LogP contribution in [-0.2, 0) is 11.2 Å². The van der Waals surface area contributed by atoms with Crippen molar-refractivity contribution in [3.8, 4) is 0 Å². The van der Waals surface area contributed by atoms with Crippen LogP contribution in [0.3, 0.4) is 0 Å². The monoisotopic (exact) mass is 278 g/mol. The van der Waals surface area contributed by atoms with Gasteiger partial charge >= 0.3 is 0 Å². The van der Waals surface area contributed by atoms with Crippen molar-refractivity contribution < 1.29 is 4.74 Å². The molecule has 1 heterocycles. The normalized spacial score (nSPS) is 16.6. The molecule has 0 atom stereocenters. The highest BCUT2D eigenvalue weighted by molar-refractivity contribution is 5.47. The summed E-state index contributed by atoms with van der Waals surface area (Å²) in [6.45, 7) is 5.97. The van der Waals surface area contributed by atoms with E-state index in [-0.39, 0.29) is 5.60 Å². The minimum atomic E-state index is 0.00827. The van der Waals surface area contributed by atoms with Gasteiger partial charge in [0.15, 0.2) is 0 Å². The highest BCUT2D eigenvalue weighted by Crippen LogP contribution is 2.35. The second kappa shape index (κ2) is 6.88. The number of hydrogen-bond donors (Lipinski definition) is 2. The zero-order valence-corrected chi connectivity index (χ0v) is 12.8. The van der Waals surface area contributed by atoms with Gasteiger partial charge in [-0.15, -0.1) is 0 Å². The van der Waals surface area contributed by atoms with Crippen molar-refractivity contribution in [2.45, 2.75) is 51.6 Å². The van der Waals surface area contributed by atoms with E-state index in [9.17, 15) is 0 Å². The molecule has 1 aliphatic carbocycles. The number of hydrogen-bond acceptors (Lipinski definition) is 5. The van der Waals surface area contributed by atoms with E-state index in [1.807, 2.05) is 6.07 Å². The molecule has 1 aromatic heterocycles. The van der Waals surface area contributed by atoms with E-state index in [4.69, 9.17) is 4.74 Å². The highest BCUT2D eigenvalue weighted by atomic mass is 16.5. The average molecular weight is 278 g/mol. The predicted octanol–water partition coefficient (Wildman–Crippen LogP) is 2.84. The molecule has 0 aromatic carbocycles. The van der Waals surface area contributed by atoms with Crippen molar-refractivity contribution in [1.82, 2.24) is 9.97 Å². The van der Waals surface area contributed by atoms with Gasteiger partial charge in [-0.1, -0.05) is 13.8 Å². The Labute approximate surface area is 121 Å². The van der Waals surface area contributed by atoms with Gasteiger partial charge in [0, 0.05) is 32.7 Å². The van der Waals surface area contributed by atoms with Gasteiger partial charge < -0.3 is 15.4 Å². The quantitative estimate of drug-likeness (QED) is 0.765. The molecule has 20 heavy (non-hydrogen) atoms. The van der Waals surface area contributed by atoms with Crippen molar-refractivity contribution in [2.24, 2.45) is 0 Å². The summed E-state index contributed by atoms with van der Waals surface area (Å²) in [5, 5.41) is 6.74. The topological polar surface area (TPSA) is 59.1 Å². The van der Waals surface area contributed by atoms with E-state index < -0.39 is 0 Å². The van der Waals surface area contributed by atoms with E-state index in [0.717, 1.165) is 56.2 Å². The van der Waals surface area contributed by atoms with Gasteiger partial charge in [0.1, 0.15) is 17.5 Å². The fourth-order valence-electron chi connectivity index (χ4n) is 2.37. The Morgan fingerprint density at radius 2 is 1.90 bits per heavy atom. The van der Waals surface area contributed by atoms with E-state index in [1.165, 1.54) is 6.42 Å². The number of methoxy groups -OCH3 is 1. The number of aromatic nitrogens is 2. The summed E-state index contributed by atoms with van der Waals surface area (Å²) in [5.41, 5.74) is 0.00827.